The molecule has 2 aromatic rings. The second kappa shape index (κ2) is 7.89. The maximum atomic E-state index is 12.9. The number of carbonyl (C=O) groups is 2. The zero-order valence-corrected chi connectivity index (χ0v) is 16.1. The van der Waals surface area contributed by atoms with E-state index >= 15 is 0 Å². The summed E-state index contributed by atoms with van der Waals surface area (Å²) in [5, 5.41) is 0. The van der Waals surface area contributed by atoms with Gasteiger partial charge in [-0.2, -0.15) is 0 Å². The van der Waals surface area contributed by atoms with E-state index in [0.29, 0.717) is 32.7 Å². The minimum Gasteiger partial charge on any atom is -0.406 e. The van der Waals surface area contributed by atoms with Gasteiger partial charge in [0, 0.05) is 44.0 Å². The van der Waals surface area contributed by atoms with Crippen molar-refractivity contribution in [3.63, 3.8) is 0 Å². The van der Waals surface area contributed by atoms with Gasteiger partial charge in [0.2, 0.25) is 0 Å². The van der Waals surface area contributed by atoms with Crippen LogP contribution in [0.4, 0.5) is 23.7 Å². The van der Waals surface area contributed by atoms with Gasteiger partial charge in [-0.15, -0.1) is 13.2 Å². The number of rotatable bonds is 2. The van der Waals surface area contributed by atoms with E-state index in [1.165, 1.54) is 17.0 Å². The highest BCUT2D eigenvalue weighted by atomic mass is 19.4. The molecule has 9 heteroatoms. The number of amides is 3. The molecule has 2 heterocycles. The normalized spacial score (nSPS) is 16.4. The number of urea groups is 1. The van der Waals surface area contributed by atoms with Crippen molar-refractivity contribution in [3.05, 3.63) is 59.7 Å². The Morgan fingerprint density at radius 1 is 0.867 bits per heavy atom. The lowest BCUT2D eigenvalue weighted by atomic mass is 10.1. The number of nitrogens with zero attached hydrogens (tertiary/aromatic N) is 3. The molecule has 1 fully saturated rings. The van der Waals surface area contributed by atoms with Gasteiger partial charge >= 0.3 is 12.4 Å². The summed E-state index contributed by atoms with van der Waals surface area (Å²) >= 11 is 0. The third-order valence-corrected chi connectivity index (χ3v) is 5.27. The van der Waals surface area contributed by atoms with Crippen LogP contribution in [-0.2, 0) is 6.42 Å². The minimum atomic E-state index is -4.82. The highest BCUT2D eigenvalue weighted by Crippen LogP contribution is 2.29. The van der Waals surface area contributed by atoms with Gasteiger partial charge in [0.05, 0.1) is 0 Å². The molecular formula is C21H20F3N3O3. The van der Waals surface area contributed by atoms with Crippen molar-refractivity contribution < 1.29 is 27.5 Å². The molecule has 0 atom stereocenters. The fraction of sp³-hybridized carbons (Fsp3) is 0.333. The predicted molar refractivity (Wildman–Crippen MR) is 103 cm³/mol. The molecular weight excluding hydrogens is 399 g/mol. The average molecular weight is 419 g/mol. The van der Waals surface area contributed by atoms with Gasteiger partial charge in [-0.3, -0.25) is 9.69 Å². The topological polar surface area (TPSA) is 53.1 Å². The molecule has 1 saturated heterocycles. The quantitative estimate of drug-likeness (QED) is 0.749. The van der Waals surface area contributed by atoms with Gasteiger partial charge in [0.1, 0.15) is 5.75 Å². The summed E-state index contributed by atoms with van der Waals surface area (Å²) < 4.78 is 41.1. The summed E-state index contributed by atoms with van der Waals surface area (Å²) in [6.07, 6.45) is -4.00. The molecule has 6 nitrogen and oxygen atoms in total. The van der Waals surface area contributed by atoms with Crippen LogP contribution in [0.15, 0.2) is 48.5 Å². The first-order valence-electron chi connectivity index (χ1n) is 9.61. The Bertz CT molecular complexity index is 956. The van der Waals surface area contributed by atoms with Gasteiger partial charge in [0.25, 0.3) is 5.91 Å². The lowest BCUT2D eigenvalue weighted by Crippen LogP contribution is -2.54. The smallest absolute Gasteiger partial charge is 0.406 e. The Labute approximate surface area is 171 Å². The molecule has 0 aliphatic carbocycles. The number of alkyl halides is 3. The van der Waals surface area contributed by atoms with Crippen molar-refractivity contribution in [2.45, 2.75) is 12.8 Å². The molecule has 30 heavy (non-hydrogen) atoms. The highest BCUT2D eigenvalue weighted by Gasteiger charge is 2.33. The lowest BCUT2D eigenvalue weighted by Gasteiger charge is -2.36. The van der Waals surface area contributed by atoms with Gasteiger partial charge in [-0.05, 0) is 36.2 Å². The van der Waals surface area contributed by atoms with Gasteiger partial charge in [-0.1, -0.05) is 24.3 Å². The van der Waals surface area contributed by atoms with E-state index in [9.17, 15) is 22.8 Å². The number of anilines is 1. The molecule has 0 bridgehead atoms. The van der Waals surface area contributed by atoms with Crippen molar-refractivity contribution in [3.8, 4) is 5.75 Å². The average Bonchev–Trinajstić information content (AvgIpc) is 3.16. The first kappa shape index (κ1) is 20.1. The van der Waals surface area contributed by atoms with E-state index in [1.807, 2.05) is 24.3 Å². The predicted octanol–water partition coefficient (Wildman–Crippen LogP) is 3.53. The fourth-order valence-electron chi connectivity index (χ4n) is 3.82. The van der Waals surface area contributed by atoms with E-state index < -0.39 is 12.1 Å². The second-order valence-corrected chi connectivity index (χ2v) is 7.17. The Kier molecular flexibility index (Phi) is 5.27. The number of benzene rings is 2. The maximum Gasteiger partial charge on any atom is 0.573 e. The Hall–Kier alpha value is -3.23. The summed E-state index contributed by atoms with van der Waals surface area (Å²) in [6, 6.07) is 12.7. The number of carbonyl (C=O) groups excluding carboxylic acids is 2. The molecule has 3 amide bonds. The molecule has 0 saturated carbocycles. The Balaban J connectivity index is 1.37. The van der Waals surface area contributed by atoms with Crippen molar-refractivity contribution in [2.75, 3.05) is 37.6 Å². The van der Waals surface area contributed by atoms with Crippen LogP contribution >= 0.6 is 0 Å². The number of piperazine rings is 1. The van der Waals surface area contributed by atoms with Crippen LogP contribution in [0, 0.1) is 0 Å². The van der Waals surface area contributed by atoms with Crippen LogP contribution in [0.1, 0.15) is 15.9 Å². The van der Waals surface area contributed by atoms with Crippen LogP contribution in [0.5, 0.6) is 5.75 Å². The maximum absolute atomic E-state index is 12.9. The summed E-state index contributed by atoms with van der Waals surface area (Å²) in [5.41, 5.74) is 2.17. The second-order valence-electron chi connectivity index (χ2n) is 7.17. The summed E-state index contributed by atoms with van der Waals surface area (Å²) in [4.78, 5) is 30.6. The van der Waals surface area contributed by atoms with Gasteiger partial charge < -0.3 is 14.5 Å². The molecule has 2 aromatic carbocycles. The fourth-order valence-corrected chi connectivity index (χ4v) is 3.82. The van der Waals surface area contributed by atoms with E-state index in [0.717, 1.165) is 29.8 Å². The summed E-state index contributed by atoms with van der Waals surface area (Å²) in [5.74, 6) is -0.823. The van der Waals surface area contributed by atoms with Crippen LogP contribution in [-0.4, -0.2) is 60.8 Å². The number of hydrogen-bond donors (Lipinski definition) is 0. The van der Waals surface area contributed by atoms with Gasteiger partial charge in [-0.25, -0.2) is 4.79 Å². The van der Waals surface area contributed by atoms with Crippen molar-refractivity contribution in [1.29, 1.82) is 0 Å². The summed E-state index contributed by atoms with van der Waals surface area (Å²) in [6.45, 7) is 1.97. The van der Waals surface area contributed by atoms with Crippen molar-refractivity contribution in [1.82, 2.24) is 9.80 Å². The number of hydrogen-bond acceptors (Lipinski definition) is 3. The number of halogens is 3. The third kappa shape index (κ3) is 4.19. The van der Waals surface area contributed by atoms with E-state index in [1.54, 1.807) is 9.80 Å². The van der Waals surface area contributed by atoms with E-state index in [2.05, 4.69) is 4.74 Å². The molecule has 158 valence electrons. The zero-order valence-electron chi connectivity index (χ0n) is 16.1. The minimum absolute atomic E-state index is 0.0902. The van der Waals surface area contributed by atoms with Crippen LogP contribution in [0.25, 0.3) is 0 Å². The molecule has 4 rings (SSSR count). The first-order valence-corrected chi connectivity index (χ1v) is 9.61. The lowest BCUT2D eigenvalue weighted by molar-refractivity contribution is -0.274. The first-order chi connectivity index (χ1) is 14.3. The molecule has 2 aliphatic rings. The molecule has 2 aliphatic heterocycles. The van der Waals surface area contributed by atoms with E-state index in [4.69, 9.17) is 0 Å². The molecule has 0 radical (unpaired) electrons. The standard InChI is InChI=1S/C21H20F3N3O3/c22-21(23,24)30-17-6-3-5-16(14-17)19(28)25-10-12-26(13-11-25)20(29)27-9-8-15-4-1-2-7-18(15)27/h1-7,14H,8-13H2. The van der Waals surface area contributed by atoms with Crippen LogP contribution in [0.3, 0.4) is 0 Å². The van der Waals surface area contributed by atoms with Crippen molar-refractivity contribution >= 4 is 17.6 Å². The SMILES string of the molecule is O=C(c1cccc(OC(F)(F)F)c1)N1CCN(C(=O)N2CCc3ccccc32)CC1. The van der Waals surface area contributed by atoms with Crippen molar-refractivity contribution in [2.24, 2.45) is 0 Å². The molecule has 0 unspecified atom stereocenters. The zero-order chi connectivity index (χ0) is 21.3. The molecule has 0 N–H and O–H groups in total. The highest BCUT2D eigenvalue weighted by molar-refractivity contribution is 5.96. The third-order valence-electron chi connectivity index (χ3n) is 5.27. The monoisotopic (exact) mass is 419 g/mol. The van der Waals surface area contributed by atoms with Crippen LogP contribution in [0.2, 0.25) is 0 Å². The summed E-state index contributed by atoms with van der Waals surface area (Å²) in [7, 11) is 0. The number of fused-ring (bicyclic) bond motifs is 1. The van der Waals surface area contributed by atoms with Gasteiger partial charge in [0.15, 0.2) is 0 Å². The van der Waals surface area contributed by atoms with E-state index in [-0.39, 0.29) is 17.5 Å². The van der Waals surface area contributed by atoms with Crippen LogP contribution < -0.4 is 9.64 Å². The Morgan fingerprint density at radius 2 is 1.57 bits per heavy atom. The Morgan fingerprint density at radius 3 is 2.30 bits per heavy atom. The molecule has 0 aromatic heterocycles. The molecule has 0 spiro atoms. The number of ether oxygens (including phenoxy) is 1. The number of para-hydroxylation sites is 1. The largest absolute Gasteiger partial charge is 0.573 e.